The van der Waals surface area contributed by atoms with Crippen LogP contribution in [0.2, 0.25) is 0 Å². The third-order valence-corrected chi connectivity index (χ3v) is 3.95. The number of amides is 1. The van der Waals surface area contributed by atoms with Crippen LogP contribution in [0.15, 0.2) is 0 Å². The van der Waals surface area contributed by atoms with Crippen LogP contribution in [0.3, 0.4) is 0 Å². The summed E-state index contributed by atoms with van der Waals surface area (Å²) in [6, 6.07) is 0.538. The van der Waals surface area contributed by atoms with Crippen LogP contribution in [-0.4, -0.2) is 49.6 Å². The maximum Gasteiger partial charge on any atom is 0.237 e. The number of hydrogen-bond acceptors (Lipinski definition) is 5. The second-order valence-corrected chi connectivity index (χ2v) is 5.40. The van der Waals surface area contributed by atoms with Crippen LogP contribution >= 0.6 is 0 Å². The molecule has 1 amide bonds. The van der Waals surface area contributed by atoms with Gasteiger partial charge in [0.2, 0.25) is 5.91 Å². The zero-order valence-electron chi connectivity index (χ0n) is 11.9. The summed E-state index contributed by atoms with van der Waals surface area (Å²) in [6.45, 7) is 8.16. The quantitative estimate of drug-likeness (QED) is 0.835. The zero-order chi connectivity index (χ0) is 14.0. The molecule has 0 aliphatic carbocycles. The molecule has 4 unspecified atom stereocenters. The Morgan fingerprint density at radius 1 is 1.37 bits per heavy atom. The molecule has 1 aromatic rings. The Morgan fingerprint density at radius 2 is 2.00 bits per heavy atom. The van der Waals surface area contributed by atoms with Gasteiger partial charge in [-0.15, -0.1) is 10.2 Å². The van der Waals surface area contributed by atoms with Gasteiger partial charge in [0.15, 0.2) is 5.82 Å². The smallest absolute Gasteiger partial charge is 0.237 e. The summed E-state index contributed by atoms with van der Waals surface area (Å²) in [7, 11) is 0. The van der Waals surface area contributed by atoms with Gasteiger partial charge in [-0.3, -0.25) is 9.69 Å². The molecular weight excluding hydrogens is 244 g/mol. The number of aromatic amines is 1. The minimum atomic E-state index is -0.234. The van der Waals surface area contributed by atoms with Gasteiger partial charge in [-0.25, -0.2) is 0 Å². The summed E-state index contributed by atoms with van der Waals surface area (Å²) in [5, 5.41) is 16.6. The molecule has 1 aromatic heterocycles. The highest BCUT2D eigenvalue weighted by Crippen LogP contribution is 2.26. The number of nitrogens with one attached hydrogen (secondary N) is 2. The maximum atomic E-state index is 12.3. The molecule has 7 heteroatoms. The fourth-order valence-electron chi connectivity index (χ4n) is 2.87. The molecule has 2 heterocycles. The maximum absolute atomic E-state index is 12.3. The van der Waals surface area contributed by atoms with E-state index in [4.69, 9.17) is 0 Å². The van der Waals surface area contributed by atoms with Gasteiger partial charge < -0.3 is 5.32 Å². The van der Waals surface area contributed by atoms with Crippen molar-refractivity contribution in [2.45, 2.75) is 64.7 Å². The monoisotopic (exact) mass is 266 g/mol. The summed E-state index contributed by atoms with van der Waals surface area (Å²) >= 11 is 0. The van der Waals surface area contributed by atoms with Crippen LogP contribution in [0.5, 0.6) is 0 Å². The molecule has 7 nitrogen and oxygen atoms in total. The number of hydrogen-bond donors (Lipinski definition) is 2. The van der Waals surface area contributed by atoms with Crippen LogP contribution in [0, 0.1) is 0 Å². The van der Waals surface area contributed by atoms with Crippen molar-refractivity contribution in [1.29, 1.82) is 0 Å². The first-order valence-corrected chi connectivity index (χ1v) is 6.82. The van der Waals surface area contributed by atoms with Crippen molar-refractivity contribution in [3.8, 4) is 0 Å². The van der Waals surface area contributed by atoms with Gasteiger partial charge in [-0.05, 0) is 40.5 Å². The standard InChI is InChI=1S/C12H22N6O/c1-7-5-6-8(2)18(7)10(4)12(19)13-9(3)11-14-16-17-15-11/h7-10H,5-6H2,1-4H3,(H,13,19)(H,14,15,16,17). The molecule has 0 aromatic carbocycles. The summed E-state index contributed by atoms with van der Waals surface area (Å²) < 4.78 is 0. The van der Waals surface area contributed by atoms with Crippen molar-refractivity contribution in [2.75, 3.05) is 0 Å². The number of tetrazole rings is 1. The van der Waals surface area contributed by atoms with Crippen molar-refractivity contribution < 1.29 is 4.79 Å². The van der Waals surface area contributed by atoms with Gasteiger partial charge in [0.05, 0.1) is 12.1 Å². The topological polar surface area (TPSA) is 86.8 Å². The number of carbonyl (C=O) groups is 1. The minimum absolute atomic E-state index is 0.0119. The van der Waals surface area contributed by atoms with E-state index in [0.29, 0.717) is 17.9 Å². The molecule has 2 rings (SSSR count). The SMILES string of the molecule is CC(NC(=O)C(C)N1C(C)CCC1C)c1nn[nH]n1. The normalized spacial score (nSPS) is 27.2. The summed E-state index contributed by atoms with van der Waals surface area (Å²) in [5.74, 6) is 0.515. The van der Waals surface area contributed by atoms with E-state index in [2.05, 4.69) is 44.7 Å². The van der Waals surface area contributed by atoms with E-state index in [1.807, 2.05) is 13.8 Å². The van der Waals surface area contributed by atoms with E-state index in [-0.39, 0.29) is 18.0 Å². The Balaban J connectivity index is 1.96. The third kappa shape index (κ3) is 2.91. The molecule has 4 atom stereocenters. The van der Waals surface area contributed by atoms with Crippen molar-refractivity contribution in [3.05, 3.63) is 5.82 Å². The summed E-state index contributed by atoms with van der Waals surface area (Å²) in [6.07, 6.45) is 2.30. The number of likely N-dealkylation sites (tertiary alicyclic amines) is 1. The molecule has 1 aliphatic rings. The lowest BCUT2D eigenvalue weighted by molar-refractivity contribution is -0.127. The van der Waals surface area contributed by atoms with Crippen LogP contribution < -0.4 is 5.32 Å². The van der Waals surface area contributed by atoms with E-state index in [1.54, 1.807) is 0 Å². The van der Waals surface area contributed by atoms with Gasteiger partial charge in [0.1, 0.15) is 0 Å². The number of nitrogens with zero attached hydrogens (tertiary/aromatic N) is 4. The van der Waals surface area contributed by atoms with Crippen molar-refractivity contribution in [3.63, 3.8) is 0 Å². The van der Waals surface area contributed by atoms with Gasteiger partial charge in [-0.1, -0.05) is 5.21 Å². The van der Waals surface area contributed by atoms with Crippen molar-refractivity contribution >= 4 is 5.91 Å². The van der Waals surface area contributed by atoms with Gasteiger partial charge in [-0.2, -0.15) is 5.21 Å². The van der Waals surface area contributed by atoms with Crippen molar-refractivity contribution in [1.82, 2.24) is 30.8 Å². The molecular formula is C12H22N6O. The second kappa shape index (κ2) is 5.64. The fraction of sp³-hybridized carbons (Fsp3) is 0.833. The van der Waals surface area contributed by atoms with E-state index in [9.17, 15) is 4.79 Å². The second-order valence-electron chi connectivity index (χ2n) is 5.40. The van der Waals surface area contributed by atoms with Gasteiger partial charge >= 0.3 is 0 Å². The predicted molar refractivity (Wildman–Crippen MR) is 70.2 cm³/mol. The molecule has 106 valence electrons. The number of aromatic nitrogens is 4. The minimum Gasteiger partial charge on any atom is -0.345 e. The van der Waals surface area contributed by atoms with E-state index < -0.39 is 0 Å². The number of carbonyl (C=O) groups excluding carboxylic acids is 1. The van der Waals surface area contributed by atoms with Gasteiger partial charge in [0, 0.05) is 12.1 Å². The highest BCUT2D eigenvalue weighted by Gasteiger charge is 2.34. The Bertz CT molecular complexity index is 410. The average molecular weight is 266 g/mol. The van der Waals surface area contributed by atoms with Crippen LogP contribution in [0.4, 0.5) is 0 Å². The molecule has 0 saturated carbocycles. The fourth-order valence-corrected chi connectivity index (χ4v) is 2.87. The third-order valence-electron chi connectivity index (χ3n) is 3.95. The summed E-state index contributed by atoms with van der Waals surface area (Å²) in [4.78, 5) is 14.6. The average Bonchev–Trinajstić information content (AvgIpc) is 2.99. The number of rotatable bonds is 4. The molecule has 0 radical (unpaired) electrons. The van der Waals surface area contributed by atoms with Crippen LogP contribution in [-0.2, 0) is 4.79 Å². The Labute approximate surface area is 113 Å². The predicted octanol–water partition coefficient (Wildman–Crippen LogP) is 0.638. The zero-order valence-corrected chi connectivity index (χ0v) is 11.9. The lowest BCUT2D eigenvalue weighted by atomic mass is 10.2. The van der Waals surface area contributed by atoms with E-state index >= 15 is 0 Å². The van der Waals surface area contributed by atoms with E-state index in [0.717, 1.165) is 12.8 Å². The first-order valence-electron chi connectivity index (χ1n) is 6.82. The molecule has 0 spiro atoms. The molecule has 2 N–H and O–H groups in total. The molecule has 0 bridgehead atoms. The van der Waals surface area contributed by atoms with Gasteiger partial charge in [0.25, 0.3) is 0 Å². The largest absolute Gasteiger partial charge is 0.345 e. The van der Waals surface area contributed by atoms with E-state index in [1.165, 1.54) is 0 Å². The molecule has 1 saturated heterocycles. The molecule has 1 aliphatic heterocycles. The Morgan fingerprint density at radius 3 is 2.53 bits per heavy atom. The van der Waals surface area contributed by atoms with Crippen molar-refractivity contribution in [2.24, 2.45) is 0 Å². The highest BCUT2D eigenvalue weighted by molar-refractivity contribution is 5.81. The Kier molecular flexibility index (Phi) is 4.14. The lowest BCUT2D eigenvalue weighted by Gasteiger charge is -2.32. The first kappa shape index (κ1) is 13.9. The number of H-pyrrole nitrogens is 1. The van der Waals surface area contributed by atoms with Crippen LogP contribution in [0.1, 0.15) is 52.4 Å². The molecule has 19 heavy (non-hydrogen) atoms. The lowest BCUT2D eigenvalue weighted by Crippen LogP contribution is -2.49. The highest BCUT2D eigenvalue weighted by atomic mass is 16.2. The first-order chi connectivity index (χ1) is 9.00. The Hall–Kier alpha value is -1.50. The van der Waals surface area contributed by atoms with Crippen LogP contribution in [0.25, 0.3) is 0 Å². The molecule has 1 fully saturated rings. The summed E-state index contributed by atoms with van der Waals surface area (Å²) in [5.41, 5.74) is 0.